The predicted octanol–water partition coefficient (Wildman–Crippen LogP) is -0.0604. The molecule has 1 saturated heterocycles. The van der Waals surface area contributed by atoms with E-state index in [2.05, 4.69) is 4.90 Å². The maximum absolute atomic E-state index is 11.8. The van der Waals surface area contributed by atoms with Crippen LogP contribution < -0.4 is 0 Å². The first kappa shape index (κ1) is 14.4. The van der Waals surface area contributed by atoms with Crippen LogP contribution in [0.4, 0.5) is 0 Å². The first-order valence-corrected chi connectivity index (χ1v) is 6.46. The van der Waals surface area contributed by atoms with Crippen LogP contribution in [-0.4, -0.2) is 73.4 Å². The van der Waals surface area contributed by atoms with Crippen LogP contribution in [0.5, 0.6) is 0 Å². The van der Waals surface area contributed by atoms with Crippen LogP contribution in [0.1, 0.15) is 19.8 Å². The maximum Gasteiger partial charge on any atom is 0.248 e. The van der Waals surface area contributed by atoms with Crippen molar-refractivity contribution in [3.63, 3.8) is 0 Å². The lowest BCUT2D eigenvalue weighted by Gasteiger charge is -2.21. The molecule has 100 valence electrons. The Morgan fingerprint density at radius 3 is 2.82 bits per heavy atom. The fourth-order valence-electron chi connectivity index (χ4n) is 1.98. The molecule has 0 aliphatic carbocycles. The molecule has 0 aromatic heterocycles. The number of nitrogens with zero attached hydrogens (tertiary/aromatic N) is 2. The number of hydrogen-bond acceptors (Lipinski definition) is 4. The van der Waals surface area contributed by atoms with Gasteiger partial charge in [0.25, 0.3) is 0 Å². The first-order chi connectivity index (χ1) is 8.27. The standard InChI is InChI=1S/C12H24N2O3/c1-2-10-17-11-12(16)14-5-3-4-13(6-7-14)8-9-15/h15H,2-11H2,1H3. The zero-order valence-corrected chi connectivity index (χ0v) is 10.7. The van der Waals surface area contributed by atoms with E-state index in [1.807, 2.05) is 11.8 Å². The summed E-state index contributed by atoms with van der Waals surface area (Å²) in [4.78, 5) is 15.9. The highest BCUT2D eigenvalue weighted by molar-refractivity contribution is 5.77. The third-order valence-electron chi connectivity index (χ3n) is 2.93. The summed E-state index contributed by atoms with van der Waals surface area (Å²) < 4.78 is 5.27. The van der Waals surface area contributed by atoms with Crippen LogP contribution >= 0.6 is 0 Å². The van der Waals surface area contributed by atoms with Gasteiger partial charge in [-0.15, -0.1) is 0 Å². The van der Waals surface area contributed by atoms with E-state index in [-0.39, 0.29) is 19.1 Å². The minimum absolute atomic E-state index is 0.0873. The number of rotatable bonds is 6. The first-order valence-electron chi connectivity index (χ1n) is 6.46. The summed E-state index contributed by atoms with van der Waals surface area (Å²) in [5.74, 6) is 0.0873. The Morgan fingerprint density at radius 1 is 1.29 bits per heavy atom. The normalized spacial score (nSPS) is 18.1. The van der Waals surface area contributed by atoms with Gasteiger partial charge in [-0.2, -0.15) is 0 Å². The van der Waals surface area contributed by atoms with Crippen molar-refractivity contribution in [1.29, 1.82) is 0 Å². The summed E-state index contributed by atoms with van der Waals surface area (Å²) in [6.07, 6.45) is 1.91. The Morgan fingerprint density at radius 2 is 2.12 bits per heavy atom. The summed E-state index contributed by atoms with van der Waals surface area (Å²) in [5, 5.41) is 8.89. The molecule has 0 atom stereocenters. The second-order valence-corrected chi connectivity index (χ2v) is 4.35. The van der Waals surface area contributed by atoms with E-state index < -0.39 is 0 Å². The Bertz CT molecular complexity index is 224. The van der Waals surface area contributed by atoms with Crippen molar-refractivity contribution in [3.05, 3.63) is 0 Å². The Labute approximate surface area is 103 Å². The minimum Gasteiger partial charge on any atom is -0.395 e. The second-order valence-electron chi connectivity index (χ2n) is 4.35. The van der Waals surface area contributed by atoms with Gasteiger partial charge >= 0.3 is 0 Å². The smallest absolute Gasteiger partial charge is 0.248 e. The summed E-state index contributed by atoms with van der Waals surface area (Å²) in [6.45, 7) is 7.12. The molecule has 1 fully saturated rings. The van der Waals surface area contributed by atoms with Crippen molar-refractivity contribution < 1.29 is 14.6 Å². The molecule has 0 spiro atoms. The average Bonchev–Trinajstić information content (AvgIpc) is 2.55. The van der Waals surface area contributed by atoms with Gasteiger partial charge in [0.15, 0.2) is 0 Å². The van der Waals surface area contributed by atoms with Gasteiger partial charge < -0.3 is 14.7 Å². The van der Waals surface area contributed by atoms with Crippen LogP contribution in [0.15, 0.2) is 0 Å². The van der Waals surface area contributed by atoms with Crippen LogP contribution in [0, 0.1) is 0 Å². The van der Waals surface area contributed by atoms with E-state index in [1.54, 1.807) is 0 Å². The summed E-state index contributed by atoms with van der Waals surface area (Å²) >= 11 is 0. The van der Waals surface area contributed by atoms with Crippen LogP contribution in [-0.2, 0) is 9.53 Å². The van der Waals surface area contributed by atoms with E-state index >= 15 is 0 Å². The van der Waals surface area contributed by atoms with Gasteiger partial charge in [0.05, 0.1) is 6.61 Å². The van der Waals surface area contributed by atoms with Gasteiger partial charge in [0.2, 0.25) is 5.91 Å². The molecule has 17 heavy (non-hydrogen) atoms. The molecule has 0 bridgehead atoms. The highest BCUT2D eigenvalue weighted by Gasteiger charge is 2.18. The lowest BCUT2D eigenvalue weighted by atomic mass is 10.4. The minimum atomic E-state index is 0.0873. The van der Waals surface area contributed by atoms with Crippen LogP contribution in [0.25, 0.3) is 0 Å². The summed E-state index contributed by atoms with van der Waals surface area (Å²) in [6, 6.07) is 0. The van der Waals surface area contributed by atoms with Gasteiger partial charge in [-0.3, -0.25) is 9.69 Å². The molecular weight excluding hydrogens is 220 g/mol. The van der Waals surface area contributed by atoms with E-state index in [9.17, 15) is 4.79 Å². The SMILES string of the molecule is CCCOCC(=O)N1CCCN(CCO)CC1. The number of aliphatic hydroxyl groups excluding tert-OH is 1. The van der Waals surface area contributed by atoms with Crippen LogP contribution in [0.3, 0.4) is 0 Å². The molecule has 5 heteroatoms. The summed E-state index contributed by atoms with van der Waals surface area (Å²) in [7, 11) is 0. The molecule has 1 rings (SSSR count). The van der Waals surface area contributed by atoms with Crippen molar-refractivity contribution in [1.82, 2.24) is 9.80 Å². The van der Waals surface area contributed by atoms with E-state index in [1.165, 1.54) is 0 Å². The van der Waals surface area contributed by atoms with Gasteiger partial charge in [-0.05, 0) is 19.4 Å². The van der Waals surface area contributed by atoms with Gasteiger partial charge in [-0.25, -0.2) is 0 Å². The van der Waals surface area contributed by atoms with Crippen molar-refractivity contribution in [2.45, 2.75) is 19.8 Å². The molecule has 1 aliphatic rings. The molecule has 1 N–H and O–H groups in total. The molecule has 5 nitrogen and oxygen atoms in total. The third-order valence-corrected chi connectivity index (χ3v) is 2.93. The number of amides is 1. The van der Waals surface area contributed by atoms with Gasteiger partial charge in [0, 0.05) is 32.8 Å². The molecule has 1 heterocycles. The van der Waals surface area contributed by atoms with Crippen molar-refractivity contribution in [3.8, 4) is 0 Å². The zero-order chi connectivity index (χ0) is 12.5. The van der Waals surface area contributed by atoms with Crippen molar-refractivity contribution in [2.24, 2.45) is 0 Å². The Balaban J connectivity index is 2.27. The third kappa shape index (κ3) is 5.48. The van der Waals surface area contributed by atoms with E-state index in [0.717, 1.165) is 39.0 Å². The largest absolute Gasteiger partial charge is 0.395 e. The Hall–Kier alpha value is -0.650. The molecule has 0 aromatic rings. The molecule has 0 saturated carbocycles. The maximum atomic E-state index is 11.8. The van der Waals surface area contributed by atoms with Gasteiger partial charge in [0.1, 0.15) is 6.61 Å². The van der Waals surface area contributed by atoms with E-state index in [4.69, 9.17) is 9.84 Å². The number of β-amino-alcohol motifs (C(OH)–C–C–N with tert-alkyl or cyclic N) is 1. The lowest BCUT2D eigenvalue weighted by molar-refractivity contribution is -0.136. The monoisotopic (exact) mass is 244 g/mol. The molecule has 0 aromatic carbocycles. The molecule has 1 amide bonds. The average molecular weight is 244 g/mol. The quantitative estimate of drug-likeness (QED) is 0.665. The molecule has 0 unspecified atom stereocenters. The predicted molar refractivity (Wildman–Crippen MR) is 65.8 cm³/mol. The number of hydrogen-bond donors (Lipinski definition) is 1. The topological polar surface area (TPSA) is 53.0 Å². The number of aliphatic hydroxyl groups is 1. The highest BCUT2D eigenvalue weighted by Crippen LogP contribution is 2.03. The van der Waals surface area contributed by atoms with Crippen LogP contribution in [0.2, 0.25) is 0 Å². The molecular formula is C12H24N2O3. The van der Waals surface area contributed by atoms with Crippen molar-refractivity contribution in [2.75, 3.05) is 52.5 Å². The fraction of sp³-hybridized carbons (Fsp3) is 0.917. The molecule has 1 aliphatic heterocycles. The number of carbonyl (C=O) groups is 1. The molecule has 0 radical (unpaired) electrons. The van der Waals surface area contributed by atoms with Crippen molar-refractivity contribution >= 4 is 5.91 Å². The summed E-state index contributed by atoms with van der Waals surface area (Å²) in [5.41, 5.74) is 0. The van der Waals surface area contributed by atoms with Gasteiger partial charge in [-0.1, -0.05) is 6.92 Å². The Kier molecular flexibility index (Phi) is 7.16. The fourth-order valence-corrected chi connectivity index (χ4v) is 1.98. The second kappa shape index (κ2) is 8.44. The zero-order valence-electron chi connectivity index (χ0n) is 10.7. The van der Waals surface area contributed by atoms with E-state index in [0.29, 0.717) is 13.2 Å². The lowest BCUT2D eigenvalue weighted by Crippen LogP contribution is -2.37. The number of carbonyl (C=O) groups excluding carboxylic acids is 1. The number of ether oxygens (including phenoxy) is 1. The highest BCUT2D eigenvalue weighted by atomic mass is 16.5.